The zero-order valence-corrected chi connectivity index (χ0v) is 10.0. The third kappa shape index (κ3) is 6.36. The number of aliphatic hydroxyl groups is 1. The molecule has 6 heteroatoms. The van der Waals surface area contributed by atoms with E-state index in [1.165, 1.54) is 14.0 Å². The van der Waals surface area contributed by atoms with Crippen LogP contribution in [-0.4, -0.2) is 49.3 Å². The summed E-state index contributed by atoms with van der Waals surface area (Å²) in [6.45, 7) is 3.92. The summed E-state index contributed by atoms with van der Waals surface area (Å²) in [7, 11) is 1.45. The van der Waals surface area contributed by atoms with Crippen molar-refractivity contribution in [1.29, 1.82) is 0 Å². The van der Waals surface area contributed by atoms with Gasteiger partial charge in [0, 0.05) is 20.2 Å². The molecule has 0 bridgehead atoms. The number of hydrogen-bond acceptors (Lipinski definition) is 4. The highest BCUT2D eigenvalue weighted by molar-refractivity contribution is 6.35. The van der Waals surface area contributed by atoms with Gasteiger partial charge in [-0.05, 0) is 13.3 Å². The fourth-order valence-electron chi connectivity index (χ4n) is 1.03. The highest BCUT2D eigenvalue weighted by Gasteiger charge is 2.22. The van der Waals surface area contributed by atoms with Crippen LogP contribution in [0.2, 0.25) is 0 Å². The second-order valence-electron chi connectivity index (χ2n) is 3.87. The molecule has 0 aromatic carbocycles. The maximum atomic E-state index is 11.2. The van der Waals surface area contributed by atoms with Crippen LogP contribution in [-0.2, 0) is 14.3 Å². The van der Waals surface area contributed by atoms with Crippen molar-refractivity contribution >= 4 is 11.8 Å². The van der Waals surface area contributed by atoms with Gasteiger partial charge in [0.05, 0.1) is 6.61 Å². The minimum atomic E-state index is -1.17. The number of ether oxygens (including phenoxy) is 1. The fourth-order valence-corrected chi connectivity index (χ4v) is 1.03. The molecule has 16 heavy (non-hydrogen) atoms. The van der Waals surface area contributed by atoms with Crippen molar-refractivity contribution in [3.8, 4) is 0 Å². The summed E-state index contributed by atoms with van der Waals surface area (Å²) in [6, 6.07) is 0. The standard InChI is InChI=1S/C10H20N2O4/c1-4-5-11-8(13)9(14)12-6-10(2,15)7-16-3/h15H,4-7H2,1-3H3,(H,11,13)(H,12,14). The van der Waals surface area contributed by atoms with E-state index in [1.807, 2.05) is 6.92 Å². The first-order chi connectivity index (χ1) is 7.43. The molecule has 6 nitrogen and oxygen atoms in total. The van der Waals surface area contributed by atoms with Gasteiger partial charge in [-0.2, -0.15) is 0 Å². The Hall–Kier alpha value is -1.14. The van der Waals surface area contributed by atoms with Crippen LogP contribution in [0.5, 0.6) is 0 Å². The van der Waals surface area contributed by atoms with Gasteiger partial charge in [-0.25, -0.2) is 0 Å². The molecule has 0 aromatic rings. The molecule has 0 saturated heterocycles. The van der Waals surface area contributed by atoms with Crippen LogP contribution < -0.4 is 10.6 Å². The van der Waals surface area contributed by atoms with Crippen LogP contribution in [0.15, 0.2) is 0 Å². The summed E-state index contributed by atoms with van der Waals surface area (Å²) in [6.07, 6.45) is 0.764. The highest BCUT2D eigenvalue weighted by atomic mass is 16.5. The number of carbonyl (C=O) groups is 2. The smallest absolute Gasteiger partial charge is 0.309 e. The molecule has 0 aromatic heterocycles. The first kappa shape index (κ1) is 14.9. The normalized spacial score (nSPS) is 14.0. The maximum absolute atomic E-state index is 11.2. The summed E-state index contributed by atoms with van der Waals surface area (Å²) in [5.74, 6) is -1.43. The Kier molecular flexibility index (Phi) is 6.67. The molecule has 0 aliphatic carbocycles. The van der Waals surface area contributed by atoms with Crippen molar-refractivity contribution in [3.63, 3.8) is 0 Å². The summed E-state index contributed by atoms with van der Waals surface area (Å²) < 4.78 is 4.76. The second kappa shape index (κ2) is 7.19. The quantitative estimate of drug-likeness (QED) is 0.514. The molecule has 2 amide bonds. The fraction of sp³-hybridized carbons (Fsp3) is 0.800. The molecule has 94 valence electrons. The molecule has 3 N–H and O–H groups in total. The number of amides is 2. The van der Waals surface area contributed by atoms with Crippen LogP contribution in [0.25, 0.3) is 0 Å². The van der Waals surface area contributed by atoms with Crippen molar-refractivity contribution in [2.24, 2.45) is 0 Å². The SMILES string of the molecule is CCCNC(=O)C(=O)NCC(C)(O)COC. The summed E-state index contributed by atoms with van der Waals surface area (Å²) in [4.78, 5) is 22.4. The molecule has 0 radical (unpaired) electrons. The van der Waals surface area contributed by atoms with Crippen LogP contribution >= 0.6 is 0 Å². The number of nitrogens with one attached hydrogen (secondary N) is 2. The predicted molar refractivity (Wildman–Crippen MR) is 58.8 cm³/mol. The summed E-state index contributed by atoms with van der Waals surface area (Å²) >= 11 is 0. The monoisotopic (exact) mass is 232 g/mol. The Balaban J connectivity index is 3.92. The third-order valence-electron chi connectivity index (χ3n) is 1.83. The number of hydrogen-bond donors (Lipinski definition) is 3. The van der Waals surface area contributed by atoms with Gasteiger partial charge in [-0.3, -0.25) is 9.59 Å². The van der Waals surface area contributed by atoms with Gasteiger partial charge in [0.1, 0.15) is 5.60 Å². The lowest BCUT2D eigenvalue weighted by Gasteiger charge is -2.22. The predicted octanol–water partition coefficient (Wildman–Crippen LogP) is -0.974. The van der Waals surface area contributed by atoms with Crippen molar-refractivity contribution in [3.05, 3.63) is 0 Å². The van der Waals surface area contributed by atoms with E-state index in [1.54, 1.807) is 0 Å². The topological polar surface area (TPSA) is 87.7 Å². The van der Waals surface area contributed by atoms with Gasteiger partial charge in [-0.15, -0.1) is 0 Å². The average molecular weight is 232 g/mol. The molecular formula is C10H20N2O4. The molecule has 0 saturated carbocycles. The van der Waals surface area contributed by atoms with Gasteiger partial charge in [0.2, 0.25) is 0 Å². The zero-order chi connectivity index (χ0) is 12.6. The van der Waals surface area contributed by atoms with Gasteiger partial charge < -0.3 is 20.5 Å². The van der Waals surface area contributed by atoms with E-state index in [0.29, 0.717) is 6.54 Å². The van der Waals surface area contributed by atoms with Gasteiger partial charge in [0.25, 0.3) is 0 Å². The lowest BCUT2D eigenvalue weighted by atomic mass is 10.1. The van der Waals surface area contributed by atoms with Crippen molar-refractivity contribution in [1.82, 2.24) is 10.6 Å². The molecule has 0 aliphatic heterocycles. The van der Waals surface area contributed by atoms with E-state index in [9.17, 15) is 14.7 Å². The molecule has 0 fully saturated rings. The van der Waals surface area contributed by atoms with Gasteiger partial charge in [0.15, 0.2) is 0 Å². The van der Waals surface area contributed by atoms with Crippen LogP contribution in [0.1, 0.15) is 20.3 Å². The van der Waals surface area contributed by atoms with Gasteiger partial charge >= 0.3 is 11.8 Å². The van der Waals surface area contributed by atoms with E-state index in [4.69, 9.17) is 4.74 Å². The van der Waals surface area contributed by atoms with Gasteiger partial charge in [-0.1, -0.05) is 6.92 Å². The number of methoxy groups -OCH3 is 1. The van der Waals surface area contributed by atoms with Crippen LogP contribution in [0.3, 0.4) is 0 Å². The van der Waals surface area contributed by atoms with Crippen molar-refractivity contribution in [2.75, 3.05) is 26.8 Å². The minimum Gasteiger partial charge on any atom is -0.386 e. The average Bonchev–Trinajstić information content (AvgIpc) is 2.22. The van der Waals surface area contributed by atoms with E-state index in [2.05, 4.69) is 10.6 Å². The van der Waals surface area contributed by atoms with Crippen LogP contribution in [0, 0.1) is 0 Å². The third-order valence-corrected chi connectivity index (χ3v) is 1.83. The van der Waals surface area contributed by atoms with E-state index >= 15 is 0 Å². The molecule has 0 aliphatic rings. The molecule has 0 spiro atoms. The highest BCUT2D eigenvalue weighted by Crippen LogP contribution is 2.00. The number of carbonyl (C=O) groups excluding carboxylic acids is 2. The van der Waals surface area contributed by atoms with Crippen molar-refractivity contribution < 1.29 is 19.4 Å². The van der Waals surface area contributed by atoms with Crippen molar-refractivity contribution in [2.45, 2.75) is 25.9 Å². The molecule has 1 atom stereocenters. The largest absolute Gasteiger partial charge is 0.386 e. The summed E-state index contributed by atoms with van der Waals surface area (Å²) in [5.41, 5.74) is -1.17. The van der Waals surface area contributed by atoms with E-state index in [0.717, 1.165) is 6.42 Å². The minimum absolute atomic E-state index is 0.0286. The van der Waals surface area contributed by atoms with Crippen LogP contribution in [0.4, 0.5) is 0 Å². The second-order valence-corrected chi connectivity index (χ2v) is 3.87. The number of rotatable bonds is 6. The molecular weight excluding hydrogens is 212 g/mol. The first-order valence-corrected chi connectivity index (χ1v) is 5.20. The Labute approximate surface area is 95.4 Å². The Bertz CT molecular complexity index is 241. The summed E-state index contributed by atoms with van der Waals surface area (Å²) in [5, 5.41) is 14.4. The zero-order valence-electron chi connectivity index (χ0n) is 10.0. The Morgan fingerprint density at radius 1 is 1.31 bits per heavy atom. The Morgan fingerprint density at radius 3 is 2.38 bits per heavy atom. The van der Waals surface area contributed by atoms with E-state index < -0.39 is 17.4 Å². The molecule has 0 rings (SSSR count). The lowest BCUT2D eigenvalue weighted by molar-refractivity contribution is -0.140. The molecule has 1 unspecified atom stereocenters. The lowest BCUT2D eigenvalue weighted by Crippen LogP contribution is -2.48. The maximum Gasteiger partial charge on any atom is 0.309 e. The Morgan fingerprint density at radius 2 is 1.88 bits per heavy atom. The molecule has 0 heterocycles. The first-order valence-electron chi connectivity index (χ1n) is 5.20. The van der Waals surface area contributed by atoms with E-state index in [-0.39, 0.29) is 13.2 Å².